The number of carbonyl (C=O) groups excluding carboxylic acids is 2. The summed E-state index contributed by atoms with van der Waals surface area (Å²) in [5.74, 6) is -6.44. The van der Waals surface area contributed by atoms with Crippen LogP contribution in [-0.4, -0.2) is 42.3 Å². The van der Waals surface area contributed by atoms with E-state index in [4.69, 9.17) is 15.2 Å². The lowest BCUT2D eigenvalue weighted by Gasteiger charge is -2.21. The molecule has 0 aliphatic carbocycles. The van der Waals surface area contributed by atoms with E-state index in [-0.39, 0.29) is 16.9 Å². The largest absolute Gasteiger partial charge is 0.493 e. The maximum absolute atomic E-state index is 14.1. The van der Waals surface area contributed by atoms with E-state index < -0.39 is 59.9 Å². The molecular formula is C19H16F5N3O4. The molecule has 3 rings (SSSR count). The molecule has 1 saturated heterocycles. The van der Waals surface area contributed by atoms with Crippen LogP contribution in [0, 0.1) is 11.6 Å². The number of alkyl halides is 3. The Hall–Kier alpha value is -3.28. The summed E-state index contributed by atoms with van der Waals surface area (Å²) in [6.07, 6.45) is -8.37. The lowest BCUT2D eigenvalue weighted by Crippen LogP contribution is -2.34. The van der Waals surface area contributed by atoms with Crippen molar-refractivity contribution in [3.63, 3.8) is 0 Å². The number of nitrogens with one attached hydrogen (secondary N) is 1. The third kappa shape index (κ3) is 4.58. The van der Waals surface area contributed by atoms with Crippen molar-refractivity contribution in [3.05, 3.63) is 53.4 Å². The summed E-state index contributed by atoms with van der Waals surface area (Å²) in [7, 11) is 1.02. The van der Waals surface area contributed by atoms with E-state index in [1.165, 1.54) is 12.3 Å². The highest BCUT2D eigenvalue weighted by Gasteiger charge is 2.52. The number of hydrogen-bond acceptors (Lipinski definition) is 5. The van der Waals surface area contributed by atoms with Gasteiger partial charge in [0.2, 0.25) is 5.82 Å². The Morgan fingerprint density at radius 2 is 1.97 bits per heavy atom. The van der Waals surface area contributed by atoms with Gasteiger partial charge >= 0.3 is 6.18 Å². The lowest BCUT2D eigenvalue weighted by atomic mass is 9.89. The minimum Gasteiger partial charge on any atom is -0.493 e. The van der Waals surface area contributed by atoms with Crippen molar-refractivity contribution < 1.29 is 41.0 Å². The molecule has 1 aliphatic rings. The second-order valence-electron chi connectivity index (χ2n) is 6.70. The van der Waals surface area contributed by atoms with Crippen molar-refractivity contribution in [1.82, 2.24) is 4.98 Å². The van der Waals surface area contributed by atoms with Crippen LogP contribution < -0.4 is 15.8 Å². The Balaban J connectivity index is 1.96. The molecule has 0 radical (unpaired) electrons. The van der Waals surface area contributed by atoms with Gasteiger partial charge in [0.1, 0.15) is 11.8 Å². The monoisotopic (exact) mass is 445 g/mol. The molecule has 1 fully saturated rings. The maximum atomic E-state index is 14.1. The van der Waals surface area contributed by atoms with Gasteiger partial charge in [0, 0.05) is 23.4 Å². The van der Waals surface area contributed by atoms with Gasteiger partial charge in [-0.25, -0.2) is 4.39 Å². The quantitative estimate of drug-likeness (QED) is 0.689. The van der Waals surface area contributed by atoms with Crippen LogP contribution in [0.1, 0.15) is 28.4 Å². The van der Waals surface area contributed by atoms with Gasteiger partial charge in [0.15, 0.2) is 17.7 Å². The van der Waals surface area contributed by atoms with Crippen molar-refractivity contribution >= 4 is 17.5 Å². The second-order valence-corrected chi connectivity index (χ2v) is 6.70. The molecule has 0 bridgehead atoms. The van der Waals surface area contributed by atoms with Gasteiger partial charge in [0.05, 0.1) is 7.11 Å². The van der Waals surface area contributed by atoms with Crippen LogP contribution in [0.15, 0.2) is 30.5 Å². The number of hydrogen-bond donors (Lipinski definition) is 2. The van der Waals surface area contributed by atoms with E-state index in [1.54, 1.807) is 0 Å². The van der Waals surface area contributed by atoms with Gasteiger partial charge in [0.25, 0.3) is 11.8 Å². The zero-order valence-corrected chi connectivity index (χ0v) is 15.9. The van der Waals surface area contributed by atoms with Crippen LogP contribution in [-0.2, 0) is 9.53 Å². The highest BCUT2D eigenvalue weighted by molar-refractivity contribution is 5.97. The fourth-order valence-electron chi connectivity index (χ4n) is 3.33. The van der Waals surface area contributed by atoms with Crippen molar-refractivity contribution in [2.45, 2.75) is 30.7 Å². The Morgan fingerprint density at radius 1 is 1.26 bits per heavy atom. The number of nitrogens with zero attached hydrogens (tertiary/aromatic N) is 1. The molecule has 12 heteroatoms. The number of pyridine rings is 1. The molecule has 1 aromatic heterocycles. The molecule has 166 valence electrons. The summed E-state index contributed by atoms with van der Waals surface area (Å²) in [6, 6.07) is 4.18. The molecule has 0 unspecified atom stereocenters. The van der Waals surface area contributed by atoms with E-state index in [1.807, 2.05) is 0 Å². The number of aromatic nitrogens is 1. The SMILES string of the molecule is COc1c([C@@H]2C[C@@H](C(F)(F)F)O[C@@H]2C(=O)Nc2ccnc(C(N)=O)c2)ccc(F)c1F. The molecule has 2 heterocycles. The predicted molar refractivity (Wildman–Crippen MR) is 96.4 cm³/mol. The van der Waals surface area contributed by atoms with Gasteiger partial charge < -0.3 is 20.5 Å². The van der Waals surface area contributed by atoms with Gasteiger partial charge in [-0.1, -0.05) is 6.07 Å². The number of primary amides is 1. The van der Waals surface area contributed by atoms with E-state index in [0.29, 0.717) is 0 Å². The highest BCUT2D eigenvalue weighted by atomic mass is 19.4. The number of benzene rings is 1. The first-order valence-electron chi connectivity index (χ1n) is 8.83. The summed E-state index contributed by atoms with van der Waals surface area (Å²) >= 11 is 0. The predicted octanol–water partition coefficient (Wildman–Crippen LogP) is 2.91. The summed E-state index contributed by atoms with van der Waals surface area (Å²) in [6.45, 7) is 0. The van der Waals surface area contributed by atoms with Crippen LogP contribution in [0.4, 0.5) is 27.6 Å². The molecular weight excluding hydrogens is 429 g/mol. The van der Waals surface area contributed by atoms with Crippen molar-refractivity contribution in [1.29, 1.82) is 0 Å². The minimum absolute atomic E-state index is 0.0314. The molecule has 31 heavy (non-hydrogen) atoms. The zero-order chi connectivity index (χ0) is 22.9. The van der Waals surface area contributed by atoms with Crippen LogP contribution in [0.25, 0.3) is 0 Å². The van der Waals surface area contributed by atoms with Crippen LogP contribution in [0.5, 0.6) is 5.75 Å². The summed E-state index contributed by atoms with van der Waals surface area (Å²) in [5.41, 5.74) is 4.81. The lowest BCUT2D eigenvalue weighted by molar-refractivity contribution is -0.213. The number of nitrogens with two attached hydrogens (primary N) is 1. The first-order chi connectivity index (χ1) is 14.5. The van der Waals surface area contributed by atoms with Crippen molar-refractivity contribution in [2.75, 3.05) is 12.4 Å². The number of methoxy groups -OCH3 is 1. The number of carbonyl (C=O) groups is 2. The molecule has 2 amide bonds. The summed E-state index contributed by atoms with van der Waals surface area (Å²) < 4.78 is 77.4. The number of ether oxygens (including phenoxy) is 2. The molecule has 3 atom stereocenters. The zero-order valence-electron chi connectivity index (χ0n) is 15.9. The standard InChI is InChI=1S/C19H16F5N3O4/c1-30-15-9(2-3-11(20)14(15)21)10-7-13(19(22,23)24)31-16(10)18(29)27-8-4-5-26-12(6-8)17(25)28/h2-6,10,13,16H,7H2,1H3,(H2,25,28)(H,26,27,29)/t10-,13-,16-/m0/s1. The Morgan fingerprint density at radius 3 is 2.58 bits per heavy atom. The maximum Gasteiger partial charge on any atom is 0.414 e. The first kappa shape index (κ1) is 22.4. The van der Waals surface area contributed by atoms with Crippen LogP contribution in [0.2, 0.25) is 0 Å². The Labute approximate surface area is 172 Å². The van der Waals surface area contributed by atoms with E-state index in [9.17, 15) is 31.5 Å². The third-order valence-electron chi connectivity index (χ3n) is 4.73. The van der Waals surface area contributed by atoms with Crippen molar-refractivity contribution in [2.24, 2.45) is 5.73 Å². The molecule has 0 spiro atoms. The van der Waals surface area contributed by atoms with Gasteiger partial charge in [-0.15, -0.1) is 0 Å². The van der Waals surface area contributed by atoms with E-state index in [0.717, 1.165) is 25.3 Å². The number of amides is 2. The first-order valence-corrected chi connectivity index (χ1v) is 8.83. The minimum atomic E-state index is -4.80. The molecule has 7 nitrogen and oxygen atoms in total. The topological polar surface area (TPSA) is 104 Å². The van der Waals surface area contributed by atoms with E-state index in [2.05, 4.69) is 10.3 Å². The Kier molecular flexibility index (Phi) is 6.11. The van der Waals surface area contributed by atoms with Gasteiger partial charge in [-0.3, -0.25) is 14.6 Å². The average molecular weight is 445 g/mol. The molecule has 1 aromatic carbocycles. The number of anilines is 1. The van der Waals surface area contributed by atoms with Gasteiger partial charge in [-0.2, -0.15) is 17.6 Å². The smallest absolute Gasteiger partial charge is 0.414 e. The molecule has 3 N–H and O–H groups in total. The number of rotatable bonds is 5. The average Bonchev–Trinajstić information content (AvgIpc) is 3.16. The van der Waals surface area contributed by atoms with Crippen molar-refractivity contribution in [3.8, 4) is 5.75 Å². The van der Waals surface area contributed by atoms with E-state index >= 15 is 0 Å². The normalized spacial score (nSPS) is 21.0. The molecule has 1 aliphatic heterocycles. The molecule has 2 aromatic rings. The number of halogens is 5. The fraction of sp³-hybridized carbons (Fsp3) is 0.316. The molecule has 0 saturated carbocycles. The summed E-state index contributed by atoms with van der Waals surface area (Å²) in [5, 5.41) is 2.33. The highest BCUT2D eigenvalue weighted by Crippen LogP contribution is 2.45. The second kappa shape index (κ2) is 8.46. The Bertz CT molecular complexity index is 1010. The van der Waals surface area contributed by atoms with Crippen LogP contribution >= 0.6 is 0 Å². The van der Waals surface area contributed by atoms with Gasteiger partial charge in [-0.05, 0) is 24.6 Å². The third-order valence-corrected chi connectivity index (χ3v) is 4.73. The van der Waals surface area contributed by atoms with Crippen LogP contribution in [0.3, 0.4) is 0 Å². The fourth-order valence-corrected chi connectivity index (χ4v) is 3.33. The summed E-state index contributed by atoms with van der Waals surface area (Å²) in [4.78, 5) is 27.7.